The number of pyridine rings is 3. The molecule has 8 heterocycles. The molecule has 28 heteroatoms. The van der Waals surface area contributed by atoms with Crippen molar-refractivity contribution in [1.29, 1.82) is 0 Å². The molecule has 0 radical (unpaired) electrons. The fourth-order valence-corrected chi connectivity index (χ4v) is 7.50. The Kier molecular flexibility index (Phi) is 30.0. The molecule has 6 aromatic rings. The van der Waals surface area contributed by atoms with E-state index in [0.29, 0.717) is 52.8 Å². The number of halogens is 4. The Morgan fingerprint density at radius 2 is 1.23 bits per heavy atom. The van der Waals surface area contributed by atoms with Crippen molar-refractivity contribution in [3.8, 4) is 0 Å². The lowest BCUT2D eigenvalue weighted by Crippen LogP contribution is -3.00. The number of nitrogens with zero attached hydrogens (tertiary/aromatic N) is 10. The first-order valence-corrected chi connectivity index (χ1v) is 25.1. The maximum Gasteiger partial charge on any atom is 0.274 e. The molecule has 0 aromatic carbocycles. The van der Waals surface area contributed by atoms with Gasteiger partial charge in [-0.05, 0) is 121 Å². The second kappa shape index (κ2) is 34.4. The first kappa shape index (κ1) is 60.2. The van der Waals surface area contributed by atoms with Crippen LogP contribution in [-0.4, -0.2) is 101 Å². The highest BCUT2D eigenvalue weighted by Gasteiger charge is 2.21. The largest absolute Gasteiger partial charge is 1.00 e. The van der Waals surface area contributed by atoms with Gasteiger partial charge < -0.3 is 49.7 Å². The molecule has 1 unspecified atom stereocenters. The van der Waals surface area contributed by atoms with Crippen molar-refractivity contribution < 1.29 is 34.9 Å². The molecular formula is C41H57BrCl3N18O4S2-. The van der Waals surface area contributed by atoms with E-state index in [1.165, 1.54) is 32.1 Å². The quantitative estimate of drug-likeness (QED) is 0.0464. The van der Waals surface area contributed by atoms with Crippen LogP contribution in [0, 0.1) is 11.8 Å². The van der Waals surface area contributed by atoms with Gasteiger partial charge in [0.2, 0.25) is 17.8 Å². The molecule has 1 atom stereocenters. The number of nitrogens with two attached hydrogens (primary N) is 3. The molecule has 22 nitrogen and oxygen atoms in total. The molecular weight excluding hydrogens is 1060 g/mol. The number of quaternary nitrogens is 1. The molecule has 0 aliphatic carbocycles. The lowest BCUT2D eigenvalue weighted by molar-refractivity contribution is -0.664. The van der Waals surface area contributed by atoms with Crippen molar-refractivity contribution in [3.63, 3.8) is 0 Å². The van der Waals surface area contributed by atoms with Crippen molar-refractivity contribution in [1.82, 2.24) is 60.5 Å². The van der Waals surface area contributed by atoms with Crippen LogP contribution in [-0.2, 0) is 21.5 Å². The molecule has 0 spiro atoms. The van der Waals surface area contributed by atoms with Crippen LogP contribution >= 0.6 is 39.1 Å². The minimum atomic E-state index is -3.60. The molecule has 13 N–H and O–H groups in total. The average Bonchev–Trinajstić information content (AvgIpc) is 3.31. The molecule has 0 bridgehead atoms. The van der Waals surface area contributed by atoms with Crippen LogP contribution < -0.4 is 59.7 Å². The van der Waals surface area contributed by atoms with Crippen molar-refractivity contribution in [2.24, 2.45) is 17.0 Å². The summed E-state index contributed by atoms with van der Waals surface area (Å²) in [5, 5.41) is 14.1. The van der Waals surface area contributed by atoms with Gasteiger partial charge in [-0.2, -0.15) is 13.4 Å². The standard InChI is InChI=1S/C16H23N7O2S.C9H7ClN4.C7H16N2O2S.C5H4BrN.C4H4ClN3.ClH.H3N/c17-26(24,25)20-10-4-13-6-11-23(12-7-13)15-5-9-19-16(22-15)21-14-3-1-2-8-18-14;10-7-4-6-12-9(13-7)14-8-3-1-2-5-11-8;10-12(11)9-6-3-7-1-4-8-5-2-7;6-5-3-1-2-4-7-5;5-3-1-2-7-4(6)8-3;;/h1-3,5,8-9,13,20H,4,6-7,10-12H2,(H2,17,24,25)(H,18,19,21,22);1-6H,(H,11,12,13,14);7-9H,1-6H2,(H,10,11);1-4H;1-2H,(H2,6,7,8);1H;1H3/p-1. The van der Waals surface area contributed by atoms with Crippen LogP contribution in [0.1, 0.15) is 38.5 Å². The number of nitrogen functional groups attached to an aromatic ring is 1. The first-order chi connectivity index (χ1) is 32.3. The van der Waals surface area contributed by atoms with Gasteiger partial charge in [0.05, 0.1) is 13.1 Å². The van der Waals surface area contributed by atoms with Crippen molar-refractivity contribution in [2.75, 3.05) is 60.5 Å². The maximum absolute atomic E-state index is 10.9. The Bertz CT molecular complexity index is 2410. The lowest BCUT2D eigenvalue weighted by Gasteiger charge is -2.32. The second-order valence-electron chi connectivity index (χ2n) is 14.4. The SMILES string of the molecule is Brc1ccccn1.Clc1ccnc(Nc2ccccn2)n1.N.NS(=O)(=O)NCCC1CCN(c2ccnc(Nc3ccccn3)n2)CC1.Nc1nccc(Cl)n1.O=S([O-])NCCC1CC[NH2+]CC1.[Cl-]. The monoisotopic (exact) mass is 1110 g/mol. The van der Waals surface area contributed by atoms with Crippen molar-refractivity contribution >= 4 is 95.9 Å². The van der Waals surface area contributed by atoms with Crippen LogP contribution in [0.4, 0.5) is 35.3 Å². The van der Waals surface area contributed by atoms with Crippen LogP contribution in [0.5, 0.6) is 0 Å². The Morgan fingerprint density at radius 1 is 0.710 bits per heavy atom. The van der Waals surface area contributed by atoms with E-state index in [-0.39, 0.29) is 24.5 Å². The number of aromatic nitrogens is 9. The van der Waals surface area contributed by atoms with E-state index in [9.17, 15) is 17.2 Å². The third-order valence-corrected chi connectivity index (χ3v) is 11.4. The van der Waals surface area contributed by atoms with Gasteiger partial charge >= 0.3 is 0 Å². The van der Waals surface area contributed by atoms with E-state index in [1.807, 2.05) is 60.7 Å². The van der Waals surface area contributed by atoms with Crippen LogP contribution in [0.2, 0.25) is 10.3 Å². The van der Waals surface area contributed by atoms with Gasteiger partial charge in [0.1, 0.15) is 32.4 Å². The Morgan fingerprint density at radius 3 is 1.70 bits per heavy atom. The van der Waals surface area contributed by atoms with Gasteiger partial charge in [-0.15, -0.1) is 0 Å². The molecule has 2 fully saturated rings. The fourth-order valence-electron chi connectivity index (χ4n) is 6.26. The number of hydrogen-bond acceptors (Lipinski definition) is 18. The zero-order valence-corrected chi connectivity index (χ0v) is 42.9. The molecule has 376 valence electrons. The summed E-state index contributed by atoms with van der Waals surface area (Å²) in [6.45, 7) is 5.13. The van der Waals surface area contributed by atoms with Gasteiger partial charge in [-0.25, -0.2) is 54.5 Å². The summed E-state index contributed by atoms with van der Waals surface area (Å²) in [5.74, 6) is 4.63. The first-order valence-electron chi connectivity index (χ1n) is 21.0. The van der Waals surface area contributed by atoms with Gasteiger partial charge in [-0.3, -0.25) is 4.21 Å². The summed E-state index contributed by atoms with van der Waals surface area (Å²) >= 11 is 12.2. The van der Waals surface area contributed by atoms with Gasteiger partial charge in [0, 0.05) is 74.6 Å². The summed E-state index contributed by atoms with van der Waals surface area (Å²) in [6, 6.07) is 21.9. The van der Waals surface area contributed by atoms with Crippen molar-refractivity contribution in [3.05, 3.63) is 125 Å². The maximum atomic E-state index is 10.9. The average molecular weight is 1120 g/mol. The number of nitrogens with one attached hydrogen (secondary N) is 4. The third-order valence-electron chi connectivity index (χ3n) is 9.47. The summed E-state index contributed by atoms with van der Waals surface area (Å²) in [7, 11) is -3.60. The van der Waals surface area contributed by atoms with Crippen LogP contribution in [0.25, 0.3) is 0 Å². The van der Waals surface area contributed by atoms with Gasteiger partial charge in [0.15, 0.2) is 0 Å². The van der Waals surface area contributed by atoms with Crippen LogP contribution in [0.3, 0.4) is 0 Å². The molecule has 2 aliphatic rings. The number of rotatable bonds is 13. The summed E-state index contributed by atoms with van der Waals surface area (Å²) in [6.07, 6.45) is 16.2. The molecule has 2 saturated heterocycles. The highest BCUT2D eigenvalue weighted by molar-refractivity contribution is 9.10. The predicted molar refractivity (Wildman–Crippen MR) is 269 cm³/mol. The van der Waals surface area contributed by atoms with E-state index in [2.05, 4.69) is 91.1 Å². The Labute approximate surface area is 429 Å². The normalized spacial score (nSPS) is 13.8. The number of hydrogen-bond donors (Lipinski definition) is 8. The molecule has 0 saturated carbocycles. The Balaban J connectivity index is 0.000000322. The second-order valence-corrected chi connectivity index (χ2v) is 18.1. The zero-order valence-electron chi connectivity index (χ0n) is 37.4. The van der Waals surface area contributed by atoms with Gasteiger partial charge in [0.25, 0.3) is 10.2 Å². The van der Waals surface area contributed by atoms with Crippen LogP contribution in [0.15, 0.2) is 115 Å². The third kappa shape index (κ3) is 27.8. The summed E-state index contributed by atoms with van der Waals surface area (Å²) in [4.78, 5) is 38.4. The van der Waals surface area contributed by atoms with E-state index < -0.39 is 21.5 Å². The predicted octanol–water partition coefficient (Wildman–Crippen LogP) is 1.74. The topological polar surface area (TPSA) is 345 Å². The fraction of sp³-hybridized carbons (Fsp3) is 0.341. The molecule has 2 aliphatic heterocycles. The minimum Gasteiger partial charge on any atom is -1.00 e. The van der Waals surface area contributed by atoms with Crippen molar-refractivity contribution in [2.45, 2.75) is 38.5 Å². The molecule has 69 heavy (non-hydrogen) atoms. The van der Waals surface area contributed by atoms with E-state index in [4.69, 9.17) is 34.1 Å². The van der Waals surface area contributed by atoms with Gasteiger partial charge in [-0.1, -0.05) is 41.4 Å². The number of piperidine rings is 2. The minimum absolute atomic E-state index is 0. The Hall–Kier alpha value is -4.90. The highest BCUT2D eigenvalue weighted by Crippen LogP contribution is 2.24. The number of anilines is 6. The van der Waals surface area contributed by atoms with E-state index in [1.54, 1.807) is 43.1 Å². The lowest BCUT2D eigenvalue weighted by atomic mass is 9.94. The summed E-state index contributed by atoms with van der Waals surface area (Å²) in [5.41, 5.74) is 5.15. The highest BCUT2D eigenvalue weighted by atomic mass is 79.9. The molecule has 8 rings (SSSR count). The van der Waals surface area contributed by atoms with E-state index >= 15 is 0 Å². The summed E-state index contributed by atoms with van der Waals surface area (Å²) < 4.78 is 47.7. The molecule has 0 amide bonds. The zero-order chi connectivity index (χ0) is 48.1. The molecule has 6 aromatic heterocycles. The smallest absolute Gasteiger partial charge is 0.274 e. The van der Waals surface area contributed by atoms with E-state index in [0.717, 1.165) is 55.1 Å².